The third kappa shape index (κ3) is 1.88. The summed E-state index contributed by atoms with van der Waals surface area (Å²) < 4.78 is 5.31. The van der Waals surface area contributed by atoms with Crippen molar-refractivity contribution in [3.05, 3.63) is 66.2 Å². The highest BCUT2D eigenvalue weighted by molar-refractivity contribution is 6.11. The summed E-state index contributed by atoms with van der Waals surface area (Å²) in [6, 6.07) is 21.1. The number of hydrogen-bond acceptors (Lipinski definition) is 1. The van der Waals surface area contributed by atoms with Gasteiger partial charge in [-0.25, -0.2) is 0 Å². The summed E-state index contributed by atoms with van der Waals surface area (Å²) in [5.41, 5.74) is 6.05. The topological polar surface area (TPSA) is 25.0 Å². The molecule has 2 heteroatoms. The first-order valence-corrected chi connectivity index (χ1v) is 7.42. The summed E-state index contributed by atoms with van der Waals surface area (Å²) in [4.78, 5) is 3.57. The van der Waals surface area contributed by atoms with Crippen LogP contribution in [0.15, 0.2) is 60.7 Å². The van der Waals surface area contributed by atoms with Gasteiger partial charge in [-0.1, -0.05) is 42.5 Å². The van der Waals surface area contributed by atoms with Crippen molar-refractivity contribution in [1.29, 1.82) is 0 Å². The number of hydrogen-bond donors (Lipinski definition) is 1. The lowest BCUT2D eigenvalue weighted by Gasteiger charge is -2.09. The van der Waals surface area contributed by atoms with Crippen LogP contribution in [0.25, 0.3) is 32.9 Å². The maximum Gasteiger partial charge on any atom is 0.119 e. The fourth-order valence-electron chi connectivity index (χ4n) is 3.16. The summed E-state index contributed by atoms with van der Waals surface area (Å²) >= 11 is 0. The van der Waals surface area contributed by atoms with Crippen molar-refractivity contribution in [3.63, 3.8) is 0 Å². The maximum absolute atomic E-state index is 5.31. The van der Waals surface area contributed by atoms with Crippen LogP contribution < -0.4 is 4.74 Å². The van der Waals surface area contributed by atoms with E-state index in [9.17, 15) is 0 Å². The Balaban J connectivity index is 2.03. The van der Waals surface area contributed by atoms with Crippen LogP contribution in [0, 0.1) is 6.92 Å². The zero-order chi connectivity index (χ0) is 15.1. The second-order valence-electron chi connectivity index (χ2n) is 5.58. The minimum absolute atomic E-state index is 0.894. The number of methoxy groups -OCH3 is 1. The van der Waals surface area contributed by atoms with Crippen molar-refractivity contribution in [2.45, 2.75) is 6.92 Å². The molecule has 108 valence electrons. The molecule has 0 radical (unpaired) electrons. The number of para-hydroxylation sites is 2. The smallest absolute Gasteiger partial charge is 0.119 e. The highest BCUT2D eigenvalue weighted by Crippen LogP contribution is 2.35. The molecule has 0 aliphatic rings. The lowest BCUT2D eigenvalue weighted by molar-refractivity contribution is 0.414. The van der Waals surface area contributed by atoms with E-state index < -0.39 is 0 Å². The van der Waals surface area contributed by atoms with E-state index >= 15 is 0 Å². The molecule has 2 nitrogen and oxygen atoms in total. The highest BCUT2D eigenvalue weighted by atomic mass is 16.5. The predicted octanol–water partition coefficient (Wildman–Crippen LogP) is 5.31. The minimum atomic E-state index is 0.894. The van der Waals surface area contributed by atoms with Crippen LogP contribution in [-0.2, 0) is 0 Å². The Morgan fingerprint density at radius 2 is 1.64 bits per heavy atom. The summed E-state index contributed by atoms with van der Waals surface area (Å²) in [7, 11) is 1.70. The molecule has 3 aromatic carbocycles. The highest BCUT2D eigenvalue weighted by Gasteiger charge is 2.11. The van der Waals surface area contributed by atoms with Gasteiger partial charge in [0, 0.05) is 21.9 Å². The zero-order valence-electron chi connectivity index (χ0n) is 12.7. The summed E-state index contributed by atoms with van der Waals surface area (Å²) in [5.74, 6) is 0.894. The lowest BCUT2D eigenvalue weighted by atomic mass is 9.98. The minimum Gasteiger partial charge on any atom is -0.497 e. The molecule has 0 aliphatic heterocycles. The molecule has 0 fully saturated rings. The van der Waals surface area contributed by atoms with Gasteiger partial charge in [0.1, 0.15) is 5.75 Å². The van der Waals surface area contributed by atoms with E-state index in [4.69, 9.17) is 4.74 Å². The molecule has 1 heterocycles. The molecule has 22 heavy (non-hydrogen) atoms. The Bertz CT molecular complexity index is 982. The van der Waals surface area contributed by atoms with E-state index in [1.807, 2.05) is 6.07 Å². The number of ether oxygens (including phenoxy) is 1. The van der Waals surface area contributed by atoms with Crippen molar-refractivity contribution in [2.24, 2.45) is 0 Å². The molecule has 0 saturated heterocycles. The first-order valence-electron chi connectivity index (χ1n) is 7.42. The van der Waals surface area contributed by atoms with Gasteiger partial charge < -0.3 is 9.72 Å². The SMILES string of the molecule is COc1ccc(-c2cccc3c2[nH]c2ccccc23)c(C)c1. The average molecular weight is 287 g/mol. The van der Waals surface area contributed by atoms with Crippen LogP contribution in [0.1, 0.15) is 5.56 Å². The standard InChI is InChI=1S/C20H17NO/c1-13-12-14(22-2)10-11-15(13)17-7-5-8-18-16-6-3-4-9-19(16)21-20(17)18/h3-12,21H,1-2H3. The number of rotatable bonds is 2. The van der Waals surface area contributed by atoms with Crippen LogP contribution in [0.2, 0.25) is 0 Å². The number of aromatic amines is 1. The Labute approximate surface area is 129 Å². The van der Waals surface area contributed by atoms with E-state index in [2.05, 4.69) is 66.5 Å². The van der Waals surface area contributed by atoms with Crippen LogP contribution >= 0.6 is 0 Å². The second kappa shape index (κ2) is 4.92. The molecular weight excluding hydrogens is 270 g/mol. The van der Waals surface area contributed by atoms with Gasteiger partial charge in [0.15, 0.2) is 0 Å². The van der Waals surface area contributed by atoms with Crippen molar-refractivity contribution in [3.8, 4) is 16.9 Å². The fourth-order valence-corrected chi connectivity index (χ4v) is 3.16. The van der Waals surface area contributed by atoms with Gasteiger partial charge in [-0.05, 0) is 36.2 Å². The Morgan fingerprint density at radius 1 is 0.818 bits per heavy atom. The van der Waals surface area contributed by atoms with E-state index in [1.54, 1.807) is 7.11 Å². The zero-order valence-corrected chi connectivity index (χ0v) is 12.7. The fraction of sp³-hybridized carbons (Fsp3) is 0.100. The summed E-state index contributed by atoms with van der Waals surface area (Å²) in [5, 5.41) is 2.54. The first-order chi connectivity index (χ1) is 10.8. The van der Waals surface area contributed by atoms with E-state index in [-0.39, 0.29) is 0 Å². The van der Waals surface area contributed by atoms with Crippen molar-refractivity contribution < 1.29 is 4.74 Å². The average Bonchev–Trinajstić information content (AvgIpc) is 2.93. The van der Waals surface area contributed by atoms with Gasteiger partial charge in [0.05, 0.1) is 12.6 Å². The molecule has 4 aromatic rings. The van der Waals surface area contributed by atoms with Crippen LogP contribution in [0.5, 0.6) is 5.75 Å². The summed E-state index contributed by atoms with van der Waals surface area (Å²) in [6.45, 7) is 2.12. The quantitative estimate of drug-likeness (QED) is 0.531. The van der Waals surface area contributed by atoms with E-state index in [0.29, 0.717) is 0 Å². The number of nitrogens with one attached hydrogen (secondary N) is 1. The Hall–Kier alpha value is -2.74. The van der Waals surface area contributed by atoms with Gasteiger partial charge in [0.25, 0.3) is 0 Å². The molecule has 4 rings (SSSR count). The predicted molar refractivity (Wildman–Crippen MR) is 92.5 cm³/mol. The van der Waals surface area contributed by atoms with Gasteiger partial charge >= 0.3 is 0 Å². The molecule has 1 aromatic heterocycles. The monoisotopic (exact) mass is 287 g/mol. The lowest BCUT2D eigenvalue weighted by Crippen LogP contribution is -1.88. The maximum atomic E-state index is 5.31. The van der Waals surface area contributed by atoms with E-state index in [1.165, 1.54) is 38.5 Å². The molecule has 0 spiro atoms. The van der Waals surface area contributed by atoms with Gasteiger partial charge in [-0.2, -0.15) is 0 Å². The molecular formula is C20H17NO. The number of H-pyrrole nitrogens is 1. The molecule has 0 unspecified atom stereocenters. The van der Waals surface area contributed by atoms with E-state index in [0.717, 1.165) is 5.75 Å². The molecule has 0 bridgehead atoms. The first kappa shape index (κ1) is 13.0. The Morgan fingerprint density at radius 3 is 2.45 bits per heavy atom. The molecule has 0 amide bonds. The van der Waals surface area contributed by atoms with Gasteiger partial charge in [-0.3, -0.25) is 0 Å². The third-order valence-corrected chi connectivity index (χ3v) is 4.27. The van der Waals surface area contributed by atoms with Crippen LogP contribution in [-0.4, -0.2) is 12.1 Å². The van der Waals surface area contributed by atoms with Crippen molar-refractivity contribution >= 4 is 21.8 Å². The van der Waals surface area contributed by atoms with Crippen LogP contribution in [0.4, 0.5) is 0 Å². The van der Waals surface area contributed by atoms with Crippen molar-refractivity contribution in [1.82, 2.24) is 4.98 Å². The third-order valence-electron chi connectivity index (χ3n) is 4.27. The molecule has 0 saturated carbocycles. The normalized spacial score (nSPS) is 11.2. The number of fused-ring (bicyclic) bond motifs is 3. The second-order valence-corrected chi connectivity index (χ2v) is 5.58. The number of aromatic nitrogens is 1. The van der Waals surface area contributed by atoms with Gasteiger partial charge in [-0.15, -0.1) is 0 Å². The van der Waals surface area contributed by atoms with Crippen molar-refractivity contribution in [2.75, 3.05) is 7.11 Å². The molecule has 0 aliphatic carbocycles. The van der Waals surface area contributed by atoms with Crippen LogP contribution in [0.3, 0.4) is 0 Å². The van der Waals surface area contributed by atoms with Gasteiger partial charge in [0.2, 0.25) is 0 Å². The molecule has 1 N–H and O–H groups in total. The molecule has 0 atom stereocenters. The number of benzene rings is 3. The summed E-state index contributed by atoms with van der Waals surface area (Å²) in [6.07, 6.45) is 0. The largest absolute Gasteiger partial charge is 0.497 e. The number of aryl methyl sites for hydroxylation is 1. The Kier molecular flexibility index (Phi) is 2.90.